The predicted molar refractivity (Wildman–Crippen MR) is 143 cm³/mol. The van der Waals surface area contributed by atoms with E-state index in [1.165, 1.54) is 13.2 Å². The van der Waals surface area contributed by atoms with Crippen LogP contribution in [0.2, 0.25) is 0 Å². The Bertz CT molecular complexity index is 1310. The number of ether oxygens (including phenoxy) is 4. The van der Waals surface area contributed by atoms with Crippen molar-refractivity contribution in [2.45, 2.75) is 45.4 Å². The molecule has 0 aromatic heterocycles. The Morgan fingerprint density at radius 3 is 2.29 bits per heavy atom. The zero-order valence-electron chi connectivity index (χ0n) is 22.7. The monoisotopic (exact) mass is 521 g/mol. The lowest BCUT2D eigenvalue weighted by Crippen LogP contribution is -2.36. The maximum Gasteiger partial charge on any atom is 0.336 e. The van der Waals surface area contributed by atoms with Gasteiger partial charge in [0.1, 0.15) is 0 Å². The molecule has 2 aromatic carbocycles. The van der Waals surface area contributed by atoms with Gasteiger partial charge < -0.3 is 29.4 Å². The van der Waals surface area contributed by atoms with E-state index in [9.17, 15) is 14.7 Å². The minimum Gasteiger partial charge on any atom is -0.504 e. The molecule has 2 aromatic rings. The van der Waals surface area contributed by atoms with Gasteiger partial charge in [-0.05, 0) is 60.6 Å². The summed E-state index contributed by atoms with van der Waals surface area (Å²) in [5.41, 5.74) is 3.97. The Morgan fingerprint density at radius 2 is 1.63 bits per heavy atom. The smallest absolute Gasteiger partial charge is 0.336 e. The molecule has 2 atom stereocenters. The van der Waals surface area contributed by atoms with Crippen molar-refractivity contribution in [3.05, 3.63) is 70.1 Å². The Hall–Kier alpha value is -3.94. The van der Waals surface area contributed by atoms with Crippen LogP contribution in [0.25, 0.3) is 0 Å². The van der Waals surface area contributed by atoms with Crippen LogP contribution in [0.1, 0.15) is 56.6 Å². The fraction of sp³-hybridized carbons (Fsp3) is 0.400. The second-order valence-corrected chi connectivity index (χ2v) is 10.1. The molecule has 2 unspecified atom stereocenters. The van der Waals surface area contributed by atoms with Gasteiger partial charge in [0.25, 0.3) is 0 Å². The molecule has 1 aliphatic carbocycles. The number of phenolic OH excluding ortho intramolecular Hbond substituents is 1. The van der Waals surface area contributed by atoms with Crippen molar-refractivity contribution < 1.29 is 33.6 Å². The van der Waals surface area contributed by atoms with Gasteiger partial charge in [0.05, 0.1) is 33.5 Å². The number of allylic oxidation sites excluding steroid dienone is 3. The van der Waals surface area contributed by atoms with E-state index in [4.69, 9.17) is 18.9 Å². The quantitative estimate of drug-likeness (QED) is 0.469. The van der Waals surface area contributed by atoms with E-state index in [0.717, 1.165) is 11.3 Å². The van der Waals surface area contributed by atoms with Gasteiger partial charge in [0, 0.05) is 29.3 Å². The Morgan fingerprint density at radius 1 is 0.974 bits per heavy atom. The van der Waals surface area contributed by atoms with Gasteiger partial charge in [-0.2, -0.15) is 0 Å². The molecule has 0 radical (unpaired) electrons. The third kappa shape index (κ3) is 5.21. The Balaban J connectivity index is 1.78. The second-order valence-electron chi connectivity index (χ2n) is 10.1. The average molecular weight is 522 g/mol. The number of hydrogen-bond donors (Lipinski definition) is 2. The number of Topliss-reactive ketones (excluding diaryl/α,β-unsaturated/α-hetero) is 1. The van der Waals surface area contributed by atoms with Crippen molar-refractivity contribution in [2.75, 3.05) is 27.9 Å². The van der Waals surface area contributed by atoms with Crippen LogP contribution in [0, 0.1) is 5.92 Å². The Labute approximate surface area is 223 Å². The summed E-state index contributed by atoms with van der Waals surface area (Å²) in [5.74, 6) is 0.379. The Kier molecular flexibility index (Phi) is 7.99. The summed E-state index contributed by atoms with van der Waals surface area (Å²) in [5, 5.41) is 13.6. The number of methoxy groups -OCH3 is 3. The SMILES string of the molecule is COc1cc(C2C(C(=O)OCC(C)C)=C(C)NC3=C2C(=O)CC(c2ccc(OC)c(OC)c2)C3)ccc1O. The van der Waals surface area contributed by atoms with Crippen LogP contribution < -0.4 is 19.5 Å². The lowest BCUT2D eigenvalue weighted by atomic mass is 9.71. The maximum absolute atomic E-state index is 13.8. The zero-order valence-corrected chi connectivity index (χ0v) is 22.7. The first-order valence-corrected chi connectivity index (χ1v) is 12.7. The van der Waals surface area contributed by atoms with Crippen LogP contribution in [0.4, 0.5) is 0 Å². The number of ketones is 1. The van der Waals surface area contributed by atoms with Crippen molar-refractivity contribution in [3.8, 4) is 23.0 Å². The molecule has 1 aliphatic heterocycles. The van der Waals surface area contributed by atoms with E-state index < -0.39 is 11.9 Å². The molecule has 38 heavy (non-hydrogen) atoms. The molecule has 0 bridgehead atoms. The molecule has 0 saturated carbocycles. The highest BCUT2D eigenvalue weighted by molar-refractivity contribution is 6.04. The highest BCUT2D eigenvalue weighted by atomic mass is 16.5. The molecular formula is C30H35NO7. The van der Waals surface area contributed by atoms with Crippen molar-refractivity contribution in [1.29, 1.82) is 0 Å². The predicted octanol–water partition coefficient (Wildman–Crippen LogP) is 4.98. The van der Waals surface area contributed by atoms with Gasteiger partial charge in [0.2, 0.25) is 0 Å². The summed E-state index contributed by atoms with van der Waals surface area (Å²) in [6.45, 7) is 6.03. The lowest BCUT2D eigenvalue weighted by molar-refractivity contribution is -0.140. The van der Waals surface area contributed by atoms with E-state index >= 15 is 0 Å². The molecule has 2 aliphatic rings. The van der Waals surface area contributed by atoms with E-state index in [0.29, 0.717) is 40.3 Å². The largest absolute Gasteiger partial charge is 0.504 e. The standard InChI is InChI=1S/C30H35NO7/c1-16(2)15-38-30(34)27-17(3)31-21-11-20(18-8-10-24(35-4)26(13-18)37-6)12-23(33)29(21)28(27)19-7-9-22(32)25(14-19)36-5/h7-10,13-14,16,20,28,31-32H,11-12,15H2,1-6H3. The molecule has 202 valence electrons. The number of phenols is 1. The van der Waals surface area contributed by atoms with Gasteiger partial charge in [-0.1, -0.05) is 26.0 Å². The number of esters is 1. The van der Waals surface area contributed by atoms with E-state index in [2.05, 4.69) is 5.32 Å². The molecular weight excluding hydrogens is 486 g/mol. The van der Waals surface area contributed by atoms with Crippen LogP contribution in [0.15, 0.2) is 58.9 Å². The summed E-state index contributed by atoms with van der Waals surface area (Å²) in [6, 6.07) is 10.6. The molecule has 1 heterocycles. The number of benzene rings is 2. The van der Waals surface area contributed by atoms with Crippen LogP contribution >= 0.6 is 0 Å². The normalized spacial score (nSPS) is 19.2. The molecule has 8 heteroatoms. The van der Waals surface area contributed by atoms with Crippen LogP contribution in [0.3, 0.4) is 0 Å². The summed E-state index contributed by atoms with van der Waals surface area (Å²) >= 11 is 0. The first kappa shape index (κ1) is 27.1. The summed E-state index contributed by atoms with van der Waals surface area (Å²) in [4.78, 5) is 27.2. The topological polar surface area (TPSA) is 103 Å². The summed E-state index contributed by atoms with van der Waals surface area (Å²) in [6.07, 6.45) is 0.850. The van der Waals surface area contributed by atoms with Gasteiger partial charge in [-0.3, -0.25) is 4.79 Å². The van der Waals surface area contributed by atoms with Crippen LogP contribution in [-0.4, -0.2) is 44.8 Å². The number of rotatable bonds is 8. The van der Waals surface area contributed by atoms with Gasteiger partial charge in [0.15, 0.2) is 28.8 Å². The fourth-order valence-electron chi connectivity index (χ4n) is 5.18. The van der Waals surface area contributed by atoms with E-state index in [1.54, 1.807) is 26.4 Å². The molecule has 4 rings (SSSR count). The molecule has 0 saturated heterocycles. The number of carbonyl (C=O) groups excluding carboxylic acids is 2. The minimum absolute atomic E-state index is 0.0208. The first-order valence-electron chi connectivity index (χ1n) is 12.7. The highest BCUT2D eigenvalue weighted by Gasteiger charge is 2.41. The van der Waals surface area contributed by atoms with Gasteiger partial charge >= 0.3 is 5.97 Å². The fourth-order valence-corrected chi connectivity index (χ4v) is 5.18. The van der Waals surface area contributed by atoms with Gasteiger partial charge in [-0.25, -0.2) is 4.79 Å². The number of carbonyl (C=O) groups is 2. The van der Waals surface area contributed by atoms with Crippen molar-refractivity contribution in [1.82, 2.24) is 5.32 Å². The van der Waals surface area contributed by atoms with Crippen molar-refractivity contribution in [2.24, 2.45) is 5.92 Å². The van der Waals surface area contributed by atoms with Crippen molar-refractivity contribution >= 4 is 11.8 Å². The van der Waals surface area contributed by atoms with Crippen LogP contribution in [0.5, 0.6) is 23.0 Å². The zero-order chi connectivity index (χ0) is 27.6. The molecule has 2 N–H and O–H groups in total. The average Bonchev–Trinajstić information content (AvgIpc) is 2.90. The molecule has 8 nitrogen and oxygen atoms in total. The molecule has 0 fully saturated rings. The third-order valence-corrected chi connectivity index (χ3v) is 7.01. The van der Waals surface area contributed by atoms with Crippen LogP contribution in [-0.2, 0) is 14.3 Å². The van der Waals surface area contributed by atoms with E-state index in [-0.39, 0.29) is 42.1 Å². The number of nitrogens with one attached hydrogen (secondary N) is 1. The second kappa shape index (κ2) is 11.2. The summed E-state index contributed by atoms with van der Waals surface area (Å²) < 4.78 is 21.8. The van der Waals surface area contributed by atoms with Crippen molar-refractivity contribution in [3.63, 3.8) is 0 Å². The number of aromatic hydroxyl groups is 1. The van der Waals surface area contributed by atoms with E-state index in [1.807, 2.05) is 39.0 Å². The number of hydrogen-bond acceptors (Lipinski definition) is 8. The number of dihydropyridines is 1. The minimum atomic E-state index is -0.653. The summed E-state index contributed by atoms with van der Waals surface area (Å²) in [7, 11) is 4.63. The molecule has 0 spiro atoms. The highest BCUT2D eigenvalue weighted by Crippen LogP contribution is 2.47. The molecule has 0 amide bonds. The first-order chi connectivity index (χ1) is 18.2. The third-order valence-electron chi connectivity index (χ3n) is 7.01. The van der Waals surface area contributed by atoms with Gasteiger partial charge in [-0.15, -0.1) is 0 Å². The maximum atomic E-state index is 13.8. The lowest BCUT2D eigenvalue weighted by Gasteiger charge is -2.37.